The molecule has 21 heavy (non-hydrogen) atoms. The number of fused-ring (bicyclic) bond motifs is 2. The largest absolute Gasteiger partial charge is 0.326 e. The summed E-state index contributed by atoms with van der Waals surface area (Å²) < 4.78 is 2.23. The highest BCUT2D eigenvalue weighted by Gasteiger charge is 2.05. The zero-order valence-electron chi connectivity index (χ0n) is 12.0. The third-order valence-electron chi connectivity index (χ3n) is 4.00. The molecule has 0 aliphatic rings. The van der Waals surface area contributed by atoms with Gasteiger partial charge in [0.05, 0.1) is 17.4 Å². The smallest absolute Gasteiger partial charge is 0.0961 e. The molecule has 1 aromatic heterocycles. The first kappa shape index (κ1) is 12.2. The van der Waals surface area contributed by atoms with Crippen molar-refractivity contribution in [3.05, 3.63) is 78.1 Å². The third kappa shape index (κ3) is 2.09. The van der Waals surface area contributed by atoms with E-state index >= 15 is 0 Å². The lowest BCUT2D eigenvalue weighted by atomic mass is 10.0. The molecule has 4 rings (SSSR count). The van der Waals surface area contributed by atoms with Gasteiger partial charge in [0, 0.05) is 6.54 Å². The van der Waals surface area contributed by atoms with E-state index < -0.39 is 0 Å². The van der Waals surface area contributed by atoms with Gasteiger partial charge < -0.3 is 4.57 Å². The van der Waals surface area contributed by atoms with E-state index in [-0.39, 0.29) is 0 Å². The number of rotatable bonds is 2. The quantitative estimate of drug-likeness (QED) is 0.523. The van der Waals surface area contributed by atoms with E-state index in [1.54, 1.807) is 0 Å². The van der Waals surface area contributed by atoms with Crippen LogP contribution in [0, 0.1) is 6.92 Å². The molecule has 2 heteroatoms. The molecule has 0 N–H and O–H groups in total. The summed E-state index contributed by atoms with van der Waals surface area (Å²) in [4.78, 5) is 4.50. The van der Waals surface area contributed by atoms with Gasteiger partial charge in [-0.05, 0) is 41.0 Å². The van der Waals surface area contributed by atoms with Crippen LogP contribution in [0.1, 0.15) is 11.1 Å². The van der Waals surface area contributed by atoms with E-state index in [1.807, 2.05) is 6.33 Å². The molecule has 0 atom stereocenters. The van der Waals surface area contributed by atoms with Crippen LogP contribution < -0.4 is 0 Å². The molecule has 0 saturated heterocycles. The van der Waals surface area contributed by atoms with Crippen molar-refractivity contribution in [1.82, 2.24) is 9.55 Å². The van der Waals surface area contributed by atoms with Gasteiger partial charge in [-0.1, -0.05) is 48.5 Å². The second-order valence-corrected chi connectivity index (χ2v) is 5.50. The Hall–Kier alpha value is -2.61. The summed E-state index contributed by atoms with van der Waals surface area (Å²) in [6.45, 7) is 2.97. The van der Waals surface area contributed by atoms with Gasteiger partial charge in [-0.2, -0.15) is 0 Å². The van der Waals surface area contributed by atoms with Crippen molar-refractivity contribution in [3.8, 4) is 0 Å². The Kier molecular flexibility index (Phi) is 2.74. The molecule has 0 amide bonds. The molecule has 0 aliphatic heterocycles. The highest BCUT2D eigenvalue weighted by molar-refractivity contribution is 5.86. The first-order chi connectivity index (χ1) is 10.3. The number of imidazole rings is 1. The van der Waals surface area contributed by atoms with Crippen LogP contribution >= 0.6 is 0 Å². The first-order valence-corrected chi connectivity index (χ1v) is 7.19. The Labute approximate surface area is 123 Å². The van der Waals surface area contributed by atoms with Crippen molar-refractivity contribution in [2.45, 2.75) is 13.5 Å². The van der Waals surface area contributed by atoms with Crippen LogP contribution in [0.3, 0.4) is 0 Å². The third-order valence-corrected chi connectivity index (χ3v) is 4.00. The topological polar surface area (TPSA) is 17.8 Å². The van der Waals surface area contributed by atoms with Crippen LogP contribution in [0.4, 0.5) is 0 Å². The average molecular weight is 272 g/mol. The van der Waals surface area contributed by atoms with E-state index in [9.17, 15) is 0 Å². The minimum atomic E-state index is 0.849. The lowest BCUT2D eigenvalue weighted by Gasteiger charge is -2.08. The van der Waals surface area contributed by atoms with Crippen LogP contribution in [0.15, 0.2) is 67.0 Å². The van der Waals surface area contributed by atoms with Gasteiger partial charge in [-0.15, -0.1) is 0 Å². The molecular formula is C19H16N2. The van der Waals surface area contributed by atoms with Crippen molar-refractivity contribution < 1.29 is 0 Å². The highest BCUT2D eigenvalue weighted by Crippen LogP contribution is 2.22. The Balaban J connectivity index is 1.85. The lowest BCUT2D eigenvalue weighted by molar-refractivity contribution is 0.830. The summed E-state index contributed by atoms with van der Waals surface area (Å²) >= 11 is 0. The molecule has 0 fully saturated rings. The highest BCUT2D eigenvalue weighted by atomic mass is 15.0. The van der Waals surface area contributed by atoms with Gasteiger partial charge in [0.1, 0.15) is 0 Å². The van der Waals surface area contributed by atoms with E-state index in [2.05, 4.69) is 77.1 Å². The lowest BCUT2D eigenvalue weighted by Crippen LogP contribution is -1.98. The molecule has 0 bridgehead atoms. The fourth-order valence-electron chi connectivity index (χ4n) is 2.91. The van der Waals surface area contributed by atoms with Crippen LogP contribution in [-0.2, 0) is 6.54 Å². The van der Waals surface area contributed by atoms with Gasteiger partial charge in [-0.3, -0.25) is 0 Å². The molecule has 0 aliphatic carbocycles. The van der Waals surface area contributed by atoms with E-state index in [4.69, 9.17) is 0 Å². The second-order valence-electron chi connectivity index (χ2n) is 5.50. The summed E-state index contributed by atoms with van der Waals surface area (Å²) in [5, 5.41) is 2.60. The summed E-state index contributed by atoms with van der Waals surface area (Å²) in [6, 6.07) is 21.4. The normalized spacial score (nSPS) is 11.3. The van der Waals surface area contributed by atoms with Gasteiger partial charge in [0.25, 0.3) is 0 Å². The zero-order chi connectivity index (χ0) is 14.2. The predicted molar refractivity (Wildman–Crippen MR) is 87.5 cm³/mol. The number of hydrogen-bond donors (Lipinski definition) is 0. The predicted octanol–water partition coefficient (Wildman–Crippen LogP) is 4.55. The molecular weight excluding hydrogens is 256 g/mol. The van der Waals surface area contributed by atoms with Crippen molar-refractivity contribution in [2.24, 2.45) is 0 Å². The molecule has 1 heterocycles. The standard InChI is InChI=1S/C19H16N2/c1-14-9-10-18-19(11-14)21(13-20-18)12-16-7-4-6-15-5-2-3-8-17(15)16/h2-11,13H,12H2,1H3. The molecule has 0 saturated carbocycles. The van der Waals surface area contributed by atoms with Gasteiger partial charge >= 0.3 is 0 Å². The minimum absolute atomic E-state index is 0.849. The van der Waals surface area contributed by atoms with Crippen molar-refractivity contribution in [1.29, 1.82) is 0 Å². The van der Waals surface area contributed by atoms with E-state index in [1.165, 1.54) is 27.4 Å². The number of aromatic nitrogens is 2. The number of aryl methyl sites for hydroxylation is 1. The molecule has 4 aromatic rings. The number of hydrogen-bond acceptors (Lipinski definition) is 1. The second kappa shape index (κ2) is 4.74. The summed E-state index contributed by atoms with van der Waals surface area (Å²) in [6.07, 6.45) is 1.94. The number of nitrogens with zero attached hydrogens (tertiary/aromatic N) is 2. The molecule has 0 spiro atoms. The van der Waals surface area contributed by atoms with E-state index in [0.717, 1.165) is 12.1 Å². The van der Waals surface area contributed by atoms with Crippen LogP contribution in [0.5, 0.6) is 0 Å². The number of benzene rings is 3. The summed E-state index contributed by atoms with van der Waals surface area (Å²) in [5.41, 5.74) is 4.85. The maximum atomic E-state index is 4.50. The minimum Gasteiger partial charge on any atom is -0.326 e. The Morgan fingerprint density at radius 1 is 0.952 bits per heavy atom. The van der Waals surface area contributed by atoms with Gasteiger partial charge in [0.2, 0.25) is 0 Å². The van der Waals surface area contributed by atoms with Crippen LogP contribution in [-0.4, -0.2) is 9.55 Å². The molecule has 0 unspecified atom stereocenters. The van der Waals surface area contributed by atoms with Crippen molar-refractivity contribution in [3.63, 3.8) is 0 Å². The fraction of sp³-hybridized carbons (Fsp3) is 0.105. The van der Waals surface area contributed by atoms with Gasteiger partial charge in [-0.25, -0.2) is 4.98 Å². The zero-order valence-corrected chi connectivity index (χ0v) is 12.0. The summed E-state index contributed by atoms with van der Waals surface area (Å²) in [7, 11) is 0. The summed E-state index contributed by atoms with van der Waals surface area (Å²) in [5.74, 6) is 0. The molecule has 102 valence electrons. The van der Waals surface area contributed by atoms with E-state index in [0.29, 0.717) is 0 Å². The Bertz CT molecular complexity index is 929. The maximum Gasteiger partial charge on any atom is 0.0961 e. The van der Waals surface area contributed by atoms with Crippen molar-refractivity contribution in [2.75, 3.05) is 0 Å². The molecule has 0 radical (unpaired) electrons. The average Bonchev–Trinajstić information content (AvgIpc) is 2.90. The Morgan fingerprint density at radius 2 is 1.81 bits per heavy atom. The fourth-order valence-corrected chi connectivity index (χ4v) is 2.91. The molecule has 3 aromatic carbocycles. The molecule has 2 nitrogen and oxygen atoms in total. The van der Waals surface area contributed by atoms with Gasteiger partial charge in [0.15, 0.2) is 0 Å². The van der Waals surface area contributed by atoms with Crippen LogP contribution in [0.25, 0.3) is 21.8 Å². The van der Waals surface area contributed by atoms with Crippen LogP contribution in [0.2, 0.25) is 0 Å². The SMILES string of the molecule is Cc1ccc2ncn(Cc3cccc4ccccc34)c2c1. The van der Waals surface area contributed by atoms with Crippen molar-refractivity contribution >= 4 is 21.8 Å². The maximum absolute atomic E-state index is 4.50. The monoisotopic (exact) mass is 272 g/mol. The Morgan fingerprint density at radius 3 is 2.76 bits per heavy atom. The first-order valence-electron chi connectivity index (χ1n) is 7.19.